The van der Waals surface area contributed by atoms with E-state index in [9.17, 15) is 0 Å². The Balaban J connectivity index is 0. The first-order chi connectivity index (χ1) is 5.65. The van der Waals surface area contributed by atoms with Gasteiger partial charge in [-0.2, -0.15) is 0 Å². The van der Waals surface area contributed by atoms with Crippen LogP contribution < -0.4 is 0 Å². The van der Waals surface area contributed by atoms with Crippen LogP contribution in [-0.4, -0.2) is 37.3 Å². The second-order valence-corrected chi connectivity index (χ2v) is 4.30. The second-order valence-electron chi connectivity index (χ2n) is 3.13. The molecule has 0 aromatic rings. The molecule has 0 aromatic heterocycles. The molecule has 3 heteroatoms. The van der Waals surface area contributed by atoms with Gasteiger partial charge < -0.3 is 4.90 Å². The Kier molecular flexibility index (Phi) is 18.1. The maximum atomic E-state index is 5.47. The largest absolute Gasteiger partial charge is 0.312 e. The molecular formula is C9H21BrClN. The summed E-state index contributed by atoms with van der Waals surface area (Å²) >= 11 is 8.84. The minimum atomic E-state index is 0.822. The number of rotatable bonds is 5. The maximum absolute atomic E-state index is 5.47. The smallest absolute Gasteiger partial charge is 0.0223 e. The van der Waals surface area contributed by atoms with Gasteiger partial charge in [-0.25, -0.2) is 0 Å². The molecule has 0 unspecified atom stereocenters. The number of hydrogen-bond donors (Lipinski definition) is 0. The summed E-state index contributed by atoms with van der Waals surface area (Å²) in [5.41, 5.74) is 0. The fourth-order valence-electron chi connectivity index (χ4n) is 0.543. The molecule has 0 radical (unpaired) electrons. The molecule has 12 heavy (non-hydrogen) atoms. The molecule has 0 heterocycles. The van der Waals surface area contributed by atoms with Crippen molar-refractivity contribution < 1.29 is 0 Å². The van der Waals surface area contributed by atoms with Gasteiger partial charge in [0.15, 0.2) is 0 Å². The molecule has 1 nitrogen and oxygen atoms in total. The Bertz CT molecular complexity index is 60.8. The van der Waals surface area contributed by atoms with Gasteiger partial charge in [0.05, 0.1) is 0 Å². The van der Waals surface area contributed by atoms with Crippen molar-refractivity contribution in [2.24, 2.45) is 0 Å². The van der Waals surface area contributed by atoms with Crippen LogP contribution in [0.2, 0.25) is 0 Å². The van der Waals surface area contributed by atoms with Crippen LogP contribution in [0.1, 0.15) is 25.7 Å². The highest BCUT2D eigenvalue weighted by molar-refractivity contribution is 9.09. The lowest BCUT2D eigenvalue weighted by atomic mass is 10.2. The zero-order valence-electron chi connectivity index (χ0n) is 8.45. The molecule has 0 amide bonds. The first-order valence-electron chi connectivity index (χ1n) is 4.38. The summed E-state index contributed by atoms with van der Waals surface area (Å²) in [6.07, 6.45) is 5.07. The van der Waals surface area contributed by atoms with Gasteiger partial charge in [-0.15, -0.1) is 11.6 Å². The van der Waals surface area contributed by atoms with Crippen molar-refractivity contribution in [1.29, 1.82) is 0 Å². The second kappa shape index (κ2) is 14.3. The van der Waals surface area contributed by atoms with E-state index in [1.54, 1.807) is 0 Å². The standard InChI is InChI=1S/C6H12BrCl.C3H9N/c7-5-3-1-2-4-6-8;1-4(2)3/h1-6H2;1-3H3. The normalized spacial score (nSPS) is 9.50. The van der Waals surface area contributed by atoms with Crippen LogP contribution in [-0.2, 0) is 0 Å². The fourth-order valence-corrected chi connectivity index (χ4v) is 1.13. The van der Waals surface area contributed by atoms with E-state index in [-0.39, 0.29) is 0 Å². The van der Waals surface area contributed by atoms with Gasteiger partial charge >= 0.3 is 0 Å². The monoisotopic (exact) mass is 257 g/mol. The van der Waals surface area contributed by atoms with Crippen LogP contribution in [0.3, 0.4) is 0 Å². The number of hydrogen-bond acceptors (Lipinski definition) is 1. The lowest BCUT2D eigenvalue weighted by Crippen LogP contribution is -1.99. The minimum Gasteiger partial charge on any atom is -0.312 e. The minimum absolute atomic E-state index is 0.822. The highest BCUT2D eigenvalue weighted by Gasteiger charge is 1.84. The Morgan fingerprint density at radius 3 is 1.75 bits per heavy atom. The Morgan fingerprint density at radius 1 is 1.00 bits per heavy atom. The number of halogens is 2. The van der Waals surface area contributed by atoms with Gasteiger partial charge in [-0.05, 0) is 34.0 Å². The van der Waals surface area contributed by atoms with Gasteiger partial charge in [0.2, 0.25) is 0 Å². The van der Waals surface area contributed by atoms with Crippen LogP contribution in [0.5, 0.6) is 0 Å². The van der Waals surface area contributed by atoms with Crippen molar-refractivity contribution in [3.63, 3.8) is 0 Å². The quantitative estimate of drug-likeness (QED) is 0.540. The summed E-state index contributed by atoms with van der Waals surface area (Å²) in [7, 11) is 6.00. The first kappa shape index (κ1) is 15.2. The van der Waals surface area contributed by atoms with E-state index in [1.165, 1.54) is 25.7 Å². The average molecular weight is 259 g/mol. The number of alkyl halides is 2. The van der Waals surface area contributed by atoms with E-state index >= 15 is 0 Å². The van der Waals surface area contributed by atoms with Crippen molar-refractivity contribution in [1.82, 2.24) is 4.90 Å². The topological polar surface area (TPSA) is 3.24 Å². The van der Waals surface area contributed by atoms with E-state index in [0.717, 1.165) is 11.2 Å². The molecule has 0 aliphatic heterocycles. The Labute approximate surface area is 90.6 Å². The van der Waals surface area contributed by atoms with Crippen LogP contribution >= 0.6 is 27.5 Å². The highest BCUT2D eigenvalue weighted by atomic mass is 79.9. The van der Waals surface area contributed by atoms with Crippen molar-refractivity contribution in [2.45, 2.75) is 25.7 Å². The average Bonchev–Trinajstić information content (AvgIpc) is 1.97. The van der Waals surface area contributed by atoms with Gasteiger partial charge in [0.25, 0.3) is 0 Å². The van der Waals surface area contributed by atoms with Gasteiger partial charge in [-0.1, -0.05) is 28.8 Å². The summed E-state index contributed by atoms with van der Waals surface area (Å²) in [5.74, 6) is 0.822. The summed E-state index contributed by atoms with van der Waals surface area (Å²) in [4.78, 5) is 2.00. The molecule has 76 valence electrons. The van der Waals surface area contributed by atoms with Crippen LogP contribution in [0, 0.1) is 0 Å². The third kappa shape index (κ3) is 30.9. The van der Waals surface area contributed by atoms with Crippen LogP contribution in [0.25, 0.3) is 0 Å². The third-order valence-electron chi connectivity index (χ3n) is 1.02. The van der Waals surface area contributed by atoms with Gasteiger partial charge in [0, 0.05) is 11.2 Å². The summed E-state index contributed by atoms with van der Waals surface area (Å²) in [6.45, 7) is 0. The predicted molar refractivity (Wildman–Crippen MR) is 62.6 cm³/mol. The van der Waals surface area contributed by atoms with Gasteiger partial charge in [-0.3, -0.25) is 0 Å². The molecule has 0 rings (SSSR count). The van der Waals surface area contributed by atoms with Crippen molar-refractivity contribution in [3.05, 3.63) is 0 Å². The Hall–Kier alpha value is 0.730. The first-order valence-corrected chi connectivity index (χ1v) is 6.03. The lowest BCUT2D eigenvalue weighted by Gasteiger charge is -1.92. The van der Waals surface area contributed by atoms with Crippen molar-refractivity contribution in [2.75, 3.05) is 32.4 Å². The third-order valence-corrected chi connectivity index (χ3v) is 1.85. The maximum Gasteiger partial charge on any atom is 0.0223 e. The molecule has 0 saturated heterocycles. The zero-order chi connectivity index (χ0) is 9.82. The van der Waals surface area contributed by atoms with Crippen molar-refractivity contribution >= 4 is 27.5 Å². The number of unbranched alkanes of at least 4 members (excludes halogenated alkanes) is 3. The molecule has 0 saturated carbocycles. The number of nitrogens with zero attached hydrogens (tertiary/aromatic N) is 1. The molecule has 0 fully saturated rings. The van der Waals surface area contributed by atoms with Crippen molar-refractivity contribution in [3.8, 4) is 0 Å². The van der Waals surface area contributed by atoms with E-state index < -0.39 is 0 Å². The van der Waals surface area contributed by atoms with Crippen LogP contribution in [0.4, 0.5) is 0 Å². The molecule has 0 N–H and O–H groups in total. The summed E-state index contributed by atoms with van der Waals surface area (Å²) < 4.78 is 0. The zero-order valence-corrected chi connectivity index (χ0v) is 10.8. The van der Waals surface area contributed by atoms with Gasteiger partial charge in [0.1, 0.15) is 0 Å². The molecule has 0 aliphatic carbocycles. The molecule has 0 atom stereocenters. The van der Waals surface area contributed by atoms with E-state index in [4.69, 9.17) is 11.6 Å². The van der Waals surface area contributed by atoms with E-state index in [2.05, 4.69) is 15.9 Å². The van der Waals surface area contributed by atoms with E-state index in [0.29, 0.717) is 0 Å². The summed E-state index contributed by atoms with van der Waals surface area (Å²) in [5, 5.41) is 1.13. The molecule has 0 spiro atoms. The van der Waals surface area contributed by atoms with E-state index in [1.807, 2.05) is 26.0 Å². The molecule has 0 aromatic carbocycles. The Morgan fingerprint density at radius 2 is 1.42 bits per heavy atom. The fraction of sp³-hybridized carbons (Fsp3) is 1.00. The molecule has 0 aliphatic rings. The molecular weight excluding hydrogens is 237 g/mol. The summed E-state index contributed by atoms with van der Waals surface area (Å²) in [6, 6.07) is 0. The van der Waals surface area contributed by atoms with Crippen LogP contribution in [0.15, 0.2) is 0 Å². The predicted octanol–water partition coefficient (Wildman–Crippen LogP) is 3.36. The highest BCUT2D eigenvalue weighted by Crippen LogP contribution is 2.02. The lowest BCUT2D eigenvalue weighted by molar-refractivity contribution is 0.505. The molecule has 0 bridgehead atoms. The SMILES string of the molecule is CN(C)C.ClCCCCCCBr.